The van der Waals surface area contributed by atoms with Crippen molar-refractivity contribution in [1.82, 2.24) is 5.32 Å². The molecule has 3 rings (SSSR count). The van der Waals surface area contributed by atoms with Crippen molar-refractivity contribution in [3.05, 3.63) is 23.8 Å². The topological polar surface area (TPSA) is 44.4 Å². The van der Waals surface area contributed by atoms with E-state index in [2.05, 4.69) is 10.6 Å². The predicted octanol–water partition coefficient (Wildman–Crippen LogP) is 1.12. The number of piperazine rings is 1. The van der Waals surface area contributed by atoms with E-state index in [9.17, 15) is 13.6 Å². The minimum atomic E-state index is -0.947. The molecule has 0 radical (unpaired) electrons. The molecule has 0 aromatic heterocycles. The van der Waals surface area contributed by atoms with Crippen molar-refractivity contribution in [2.45, 2.75) is 6.04 Å². The monoisotopic (exact) mass is 275 g/mol. The van der Waals surface area contributed by atoms with Gasteiger partial charge < -0.3 is 15.5 Å². The van der Waals surface area contributed by atoms with E-state index in [1.54, 1.807) is 0 Å². The number of nitrogens with zero attached hydrogens (tertiary/aromatic N) is 1. The zero-order valence-corrected chi connectivity index (χ0v) is 10.2. The molecule has 1 amide bonds. The molecule has 98 valence electrons. The molecule has 0 saturated carbocycles. The van der Waals surface area contributed by atoms with Crippen LogP contribution in [0.15, 0.2) is 12.1 Å². The van der Waals surface area contributed by atoms with Crippen molar-refractivity contribution in [2.75, 3.05) is 29.9 Å². The van der Waals surface area contributed by atoms with Crippen LogP contribution in [0.25, 0.3) is 0 Å². The van der Waals surface area contributed by atoms with Crippen LogP contribution in [0, 0.1) is 11.6 Å². The molecule has 0 aliphatic carbocycles. The molecule has 7 heteroatoms. The Kier molecular flexibility index (Phi) is 3.41. The molecule has 1 aromatic carbocycles. The van der Waals surface area contributed by atoms with Crippen molar-refractivity contribution < 1.29 is 13.6 Å². The summed E-state index contributed by atoms with van der Waals surface area (Å²) in [4.78, 5) is 13.6. The number of anilines is 2. The molecular weight excluding hydrogens is 264 g/mol. The zero-order valence-electron chi connectivity index (χ0n) is 9.37. The van der Waals surface area contributed by atoms with Crippen molar-refractivity contribution in [2.24, 2.45) is 0 Å². The summed E-state index contributed by atoms with van der Waals surface area (Å²) in [5.74, 6) is -2.02. The van der Waals surface area contributed by atoms with E-state index in [0.29, 0.717) is 24.5 Å². The Bertz CT molecular complexity index is 497. The number of fused-ring (bicyclic) bond motifs is 3. The molecule has 0 bridgehead atoms. The van der Waals surface area contributed by atoms with E-state index >= 15 is 0 Å². The predicted molar refractivity (Wildman–Crippen MR) is 66.2 cm³/mol. The third-order valence-electron chi connectivity index (χ3n) is 3.15. The maximum Gasteiger partial charge on any atom is 0.248 e. The summed E-state index contributed by atoms with van der Waals surface area (Å²) in [7, 11) is 0. The van der Waals surface area contributed by atoms with Crippen LogP contribution in [0.1, 0.15) is 0 Å². The van der Waals surface area contributed by atoms with Crippen molar-refractivity contribution in [1.29, 1.82) is 0 Å². The summed E-state index contributed by atoms with van der Waals surface area (Å²) in [5, 5.41) is 5.70. The Hall–Kier alpha value is -1.40. The highest BCUT2D eigenvalue weighted by atomic mass is 35.5. The van der Waals surface area contributed by atoms with Crippen LogP contribution >= 0.6 is 12.4 Å². The quantitative estimate of drug-likeness (QED) is 0.746. The van der Waals surface area contributed by atoms with Gasteiger partial charge >= 0.3 is 0 Å². The van der Waals surface area contributed by atoms with Gasteiger partial charge in [-0.3, -0.25) is 4.79 Å². The van der Waals surface area contributed by atoms with E-state index < -0.39 is 11.6 Å². The van der Waals surface area contributed by atoms with E-state index in [0.717, 1.165) is 18.7 Å². The Morgan fingerprint density at radius 3 is 2.78 bits per heavy atom. The number of hydrogen-bond donors (Lipinski definition) is 2. The lowest BCUT2D eigenvalue weighted by atomic mass is 10.1. The number of carbonyl (C=O) groups is 1. The van der Waals surface area contributed by atoms with Gasteiger partial charge in [0.05, 0.1) is 11.4 Å². The smallest absolute Gasteiger partial charge is 0.248 e. The lowest BCUT2D eigenvalue weighted by molar-refractivity contribution is -0.117. The van der Waals surface area contributed by atoms with Crippen LogP contribution in [0.4, 0.5) is 20.2 Å². The normalized spacial score (nSPS) is 21.6. The first-order chi connectivity index (χ1) is 8.16. The Morgan fingerprint density at radius 1 is 1.28 bits per heavy atom. The van der Waals surface area contributed by atoms with Crippen molar-refractivity contribution in [3.8, 4) is 0 Å². The summed E-state index contributed by atoms with van der Waals surface area (Å²) in [6.45, 7) is 1.85. The van der Waals surface area contributed by atoms with Crippen LogP contribution < -0.4 is 15.5 Å². The average molecular weight is 276 g/mol. The third kappa shape index (κ3) is 1.91. The largest absolute Gasteiger partial charge is 0.355 e. The number of nitrogens with one attached hydrogen (secondary N) is 2. The number of carbonyl (C=O) groups excluding carboxylic acids is 1. The molecule has 0 spiro atoms. The lowest BCUT2D eigenvalue weighted by Gasteiger charge is -2.41. The second-order valence-electron chi connectivity index (χ2n) is 4.19. The minimum Gasteiger partial charge on any atom is -0.355 e. The second-order valence-corrected chi connectivity index (χ2v) is 4.19. The summed E-state index contributed by atoms with van der Waals surface area (Å²) in [6.07, 6.45) is 0. The van der Waals surface area contributed by atoms with Crippen LogP contribution in [0.3, 0.4) is 0 Å². The Morgan fingerprint density at radius 2 is 2.00 bits per heavy atom. The van der Waals surface area contributed by atoms with Gasteiger partial charge in [0.15, 0.2) is 11.6 Å². The molecular formula is C11H12ClF2N3O. The fourth-order valence-corrected chi connectivity index (χ4v) is 2.32. The Labute approximate surface area is 109 Å². The van der Waals surface area contributed by atoms with Gasteiger partial charge in [-0.05, 0) is 0 Å². The summed E-state index contributed by atoms with van der Waals surface area (Å²) < 4.78 is 26.3. The van der Waals surface area contributed by atoms with Gasteiger partial charge in [0.25, 0.3) is 0 Å². The number of amides is 1. The van der Waals surface area contributed by atoms with E-state index in [1.165, 1.54) is 0 Å². The minimum absolute atomic E-state index is 0. The van der Waals surface area contributed by atoms with Crippen molar-refractivity contribution >= 4 is 29.7 Å². The molecule has 18 heavy (non-hydrogen) atoms. The van der Waals surface area contributed by atoms with Crippen LogP contribution in [-0.2, 0) is 4.79 Å². The van der Waals surface area contributed by atoms with E-state index in [1.807, 2.05) is 4.90 Å². The highest BCUT2D eigenvalue weighted by molar-refractivity contribution is 6.03. The van der Waals surface area contributed by atoms with Gasteiger partial charge in [0.1, 0.15) is 6.04 Å². The van der Waals surface area contributed by atoms with Crippen LogP contribution in [0.2, 0.25) is 0 Å². The second kappa shape index (κ2) is 4.70. The van der Waals surface area contributed by atoms with Crippen LogP contribution in [-0.4, -0.2) is 31.6 Å². The zero-order chi connectivity index (χ0) is 12.0. The molecule has 1 atom stereocenters. The fourth-order valence-electron chi connectivity index (χ4n) is 2.32. The van der Waals surface area contributed by atoms with Gasteiger partial charge in [0.2, 0.25) is 5.91 Å². The molecule has 4 nitrogen and oxygen atoms in total. The maximum absolute atomic E-state index is 13.2. The molecule has 2 heterocycles. The van der Waals surface area contributed by atoms with Gasteiger partial charge in [-0.25, -0.2) is 8.78 Å². The lowest BCUT2D eigenvalue weighted by Crippen LogP contribution is -2.58. The van der Waals surface area contributed by atoms with E-state index in [4.69, 9.17) is 0 Å². The molecule has 1 fully saturated rings. The van der Waals surface area contributed by atoms with Crippen LogP contribution in [0.5, 0.6) is 0 Å². The molecule has 2 aliphatic heterocycles. The standard InChI is InChI=1S/C11H11F2N3O.ClH/c12-6-3-8-9(4-7(6)13)16-2-1-14-5-10(16)11(17)15-8;/h3-4,10,14H,1-2,5H2,(H,15,17);1H. The molecule has 1 saturated heterocycles. The summed E-state index contributed by atoms with van der Waals surface area (Å²) in [6, 6.07) is 1.82. The van der Waals surface area contributed by atoms with Crippen molar-refractivity contribution in [3.63, 3.8) is 0 Å². The average Bonchev–Trinajstić information content (AvgIpc) is 2.32. The summed E-state index contributed by atoms with van der Waals surface area (Å²) in [5.41, 5.74) is 0.891. The number of rotatable bonds is 0. The first kappa shape index (κ1) is 13.0. The van der Waals surface area contributed by atoms with Gasteiger partial charge in [-0.2, -0.15) is 0 Å². The highest BCUT2D eigenvalue weighted by Crippen LogP contribution is 2.34. The number of halogens is 3. The first-order valence-electron chi connectivity index (χ1n) is 5.44. The van der Waals surface area contributed by atoms with Gasteiger partial charge in [0, 0.05) is 31.8 Å². The highest BCUT2D eigenvalue weighted by Gasteiger charge is 2.35. The Balaban J connectivity index is 0.00000120. The molecule has 2 N–H and O–H groups in total. The fraction of sp³-hybridized carbons (Fsp3) is 0.364. The first-order valence-corrected chi connectivity index (χ1v) is 5.44. The maximum atomic E-state index is 13.2. The van der Waals surface area contributed by atoms with Gasteiger partial charge in [-0.1, -0.05) is 0 Å². The number of benzene rings is 1. The molecule has 2 aliphatic rings. The SMILES string of the molecule is Cl.O=C1Nc2cc(F)c(F)cc2N2CCNCC12. The summed E-state index contributed by atoms with van der Waals surface area (Å²) >= 11 is 0. The molecule has 1 aromatic rings. The van der Waals surface area contributed by atoms with E-state index in [-0.39, 0.29) is 24.4 Å². The molecule has 1 unspecified atom stereocenters. The van der Waals surface area contributed by atoms with Gasteiger partial charge in [-0.15, -0.1) is 12.4 Å². The number of hydrogen-bond acceptors (Lipinski definition) is 3. The third-order valence-corrected chi connectivity index (χ3v) is 3.15.